The molecule has 0 bridgehead atoms. The summed E-state index contributed by atoms with van der Waals surface area (Å²) in [6.07, 6.45) is -1.74. The van der Waals surface area contributed by atoms with Crippen LogP contribution in [0.25, 0.3) is 0 Å². The van der Waals surface area contributed by atoms with Gasteiger partial charge in [-0.2, -0.15) is 0 Å². The first-order valence-electron chi connectivity index (χ1n) is 4.34. The first-order chi connectivity index (χ1) is 6.11. The van der Waals surface area contributed by atoms with Crippen molar-refractivity contribution in [3.8, 4) is 0 Å². The van der Waals surface area contributed by atoms with Crippen molar-refractivity contribution in [1.29, 1.82) is 0 Å². The van der Waals surface area contributed by atoms with Gasteiger partial charge in [-0.05, 0) is 0 Å². The normalized spacial score (nSPS) is 46.4. The van der Waals surface area contributed by atoms with E-state index in [0.29, 0.717) is 0 Å². The third-order valence-electron chi connectivity index (χ3n) is 2.55. The molecule has 0 aromatic heterocycles. The fraction of sp³-hybridized carbons (Fsp3) is 1.00. The fourth-order valence-electron chi connectivity index (χ4n) is 1.54. The molecule has 0 saturated carbocycles. The van der Waals surface area contributed by atoms with Crippen LogP contribution in [-0.2, 0) is 9.47 Å². The van der Waals surface area contributed by atoms with E-state index < -0.39 is 24.5 Å². The summed E-state index contributed by atoms with van der Waals surface area (Å²) >= 11 is 0. The zero-order chi connectivity index (χ0) is 10.0. The van der Waals surface area contributed by atoms with Gasteiger partial charge in [0.15, 0.2) is 6.29 Å². The number of hydrogen-bond donors (Lipinski definition) is 3. The molecular weight excluding hydrogens is 174 g/mol. The largest absolute Gasteiger partial charge is 0.394 e. The standard InChI is InChI=1S/C8H17NO4/c1-4-5(3-10)13-8(12-2)6(9)7(4)11/h4-8,10-11H,3,9H2,1-2H3/t4-,5?,6?,7?,8-/m1/s1. The van der Waals surface area contributed by atoms with Crippen molar-refractivity contribution in [3.63, 3.8) is 0 Å². The van der Waals surface area contributed by atoms with Crippen LogP contribution in [0.4, 0.5) is 0 Å². The lowest BCUT2D eigenvalue weighted by Gasteiger charge is -2.40. The van der Waals surface area contributed by atoms with Crippen LogP contribution in [0.2, 0.25) is 0 Å². The summed E-state index contributed by atoms with van der Waals surface area (Å²) in [7, 11) is 1.46. The molecule has 0 radical (unpaired) electrons. The third-order valence-corrected chi connectivity index (χ3v) is 2.55. The van der Waals surface area contributed by atoms with E-state index in [1.807, 2.05) is 0 Å². The molecule has 0 aromatic rings. The number of methoxy groups -OCH3 is 1. The molecule has 1 saturated heterocycles. The summed E-state index contributed by atoms with van der Waals surface area (Å²) < 4.78 is 10.3. The topological polar surface area (TPSA) is 84.9 Å². The van der Waals surface area contributed by atoms with Gasteiger partial charge in [-0.25, -0.2) is 0 Å². The highest BCUT2D eigenvalue weighted by Crippen LogP contribution is 2.24. The lowest BCUT2D eigenvalue weighted by atomic mass is 9.90. The van der Waals surface area contributed by atoms with Crippen LogP contribution >= 0.6 is 0 Å². The molecule has 5 nitrogen and oxygen atoms in total. The Labute approximate surface area is 77.4 Å². The minimum atomic E-state index is -0.698. The summed E-state index contributed by atoms with van der Waals surface area (Å²) in [5.74, 6) is -0.175. The van der Waals surface area contributed by atoms with Gasteiger partial charge < -0.3 is 25.4 Å². The zero-order valence-corrected chi connectivity index (χ0v) is 7.88. The highest BCUT2D eigenvalue weighted by Gasteiger charge is 2.40. The Morgan fingerprint density at radius 3 is 2.62 bits per heavy atom. The summed E-state index contributed by atoms with van der Waals surface area (Å²) in [4.78, 5) is 0. The van der Waals surface area contributed by atoms with Crippen LogP contribution in [0.1, 0.15) is 6.92 Å². The van der Waals surface area contributed by atoms with Gasteiger partial charge in [0.25, 0.3) is 0 Å². The number of aliphatic hydroxyl groups is 2. The Balaban J connectivity index is 2.66. The van der Waals surface area contributed by atoms with Crippen LogP contribution in [-0.4, -0.2) is 48.5 Å². The van der Waals surface area contributed by atoms with E-state index >= 15 is 0 Å². The maximum Gasteiger partial charge on any atom is 0.175 e. The molecule has 3 unspecified atom stereocenters. The monoisotopic (exact) mass is 191 g/mol. The molecule has 1 aliphatic rings. The molecule has 1 heterocycles. The third kappa shape index (κ3) is 2.00. The Morgan fingerprint density at radius 2 is 2.15 bits per heavy atom. The minimum Gasteiger partial charge on any atom is -0.394 e. The Morgan fingerprint density at radius 1 is 1.54 bits per heavy atom. The Hall–Kier alpha value is -0.200. The van der Waals surface area contributed by atoms with Crippen LogP contribution in [0, 0.1) is 5.92 Å². The lowest BCUT2D eigenvalue weighted by Crippen LogP contribution is -2.58. The first-order valence-corrected chi connectivity index (χ1v) is 4.34. The molecule has 1 rings (SSSR count). The molecule has 0 aromatic carbocycles. The smallest absolute Gasteiger partial charge is 0.175 e. The van der Waals surface area contributed by atoms with Gasteiger partial charge in [-0.3, -0.25) is 0 Å². The van der Waals surface area contributed by atoms with Gasteiger partial charge in [0, 0.05) is 13.0 Å². The summed E-state index contributed by atoms with van der Waals surface area (Å²) in [6, 6.07) is -0.553. The summed E-state index contributed by atoms with van der Waals surface area (Å²) in [5, 5.41) is 18.6. The summed E-state index contributed by atoms with van der Waals surface area (Å²) in [6.45, 7) is 1.65. The van der Waals surface area contributed by atoms with Crippen molar-refractivity contribution in [2.75, 3.05) is 13.7 Å². The molecule has 78 valence electrons. The van der Waals surface area contributed by atoms with E-state index in [1.165, 1.54) is 7.11 Å². The van der Waals surface area contributed by atoms with Gasteiger partial charge in [0.2, 0.25) is 0 Å². The molecule has 0 spiro atoms. The Bertz CT molecular complexity index is 146. The molecule has 5 heteroatoms. The first kappa shape index (κ1) is 10.9. The van der Waals surface area contributed by atoms with Crippen LogP contribution in [0.3, 0.4) is 0 Å². The van der Waals surface area contributed by atoms with Crippen molar-refractivity contribution in [2.24, 2.45) is 11.7 Å². The number of rotatable bonds is 2. The fourth-order valence-corrected chi connectivity index (χ4v) is 1.54. The van der Waals surface area contributed by atoms with Gasteiger partial charge in [-0.15, -0.1) is 0 Å². The second kappa shape index (κ2) is 4.34. The number of aliphatic hydroxyl groups excluding tert-OH is 2. The lowest BCUT2D eigenvalue weighted by molar-refractivity contribution is -0.240. The zero-order valence-electron chi connectivity index (χ0n) is 7.88. The number of ether oxygens (including phenoxy) is 2. The summed E-state index contributed by atoms with van der Waals surface area (Å²) in [5.41, 5.74) is 5.66. The second-order valence-corrected chi connectivity index (χ2v) is 3.39. The minimum absolute atomic E-state index is 0.134. The van der Waals surface area contributed by atoms with Crippen molar-refractivity contribution in [1.82, 2.24) is 0 Å². The van der Waals surface area contributed by atoms with Crippen molar-refractivity contribution >= 4 is 0 Å². The van der Waals surface area contributed by atoms with Crippen molar-refractivity contribution in [2.45, 2.75) is 31.5 Å². The molecule has 13 heavy (non-hydrogen) atoms. The predicted octanol–water partition coefficient (Wildman–Crippen LogP) is -1.33. The highest BCUT2D eigenvalue weighted by atomic mass is 16.7. The number of hydrogen-bond acceptors (Lipinski definition) is 5. The molecular formula is C8H17NO4. The molecule has 4 N–H and O–H groups in total. The molecule has 0 aliphatic carbocycles. The quantitative estimate of drug-likeness (QED) is 0.504. The number of nitrogens with two attached hydrogens (primary N) is 1. The van der Waals surface area contributed by atoms with E-state index in [-0.39, 0.29) is 12.5 Å². The van der Waals surface area contributed by atoms with Crippen LogP contribution in [0.15, 0.2) is 0 Å². The van der Waals surface area contributed by atoms with Crippen LogP contribution < -0.4 is 5.73 Å². The van der Waals surface area contributed by atoms with Crippen LogP contribution in [0.5, 0.6) is 0 Å². The molecule has 1 aliphatic heterocycles. The highest BCUT2D eigenvalue weighted by molar-refractivity contribution is 4.88. The van der Waals surface area contributed by atoms with E-state index in [1.54, 1.807) is 6.92 Å². The molecule has 1 fully saturated rings. The average molecular weight is 191 g/mol. The Kier molecular flexibility index (Phi) is 3.63. The SMILES string of the molecule is CO[C@@H]1OC(CO)[C@@H](C)C(O)C1N. The van der Waals surface area contributed by atoms with Crippen molar-refractivity contribution in [3.05, 3.63) is 0 Å². The maximum atomic E-state index is 9.65. The van der Waals surface area contributed by atoms with Gasteiger partial charge >= 0.3 is 0 Å². The second-order valence-electron chi connectivity index (χ2n) is 3.39. The van der Waals surface area contributed by atoms with E-state index in [2.05, 4.69) is 0 Å². The van der Waals surface area contributed by atoms with Crippen molar-refractivity contribution < 1.29 is 19.7 Å². The van der Waals surface area contributed by atoms with Gasteiger partial charge in [0.1, 0.15) is 0 Å². The van der Waals surface area contributed by atoms with Gasteiger partial charge in [-0.1, -0.05) is 6.92 Å². The predicted molar refractivity (Wildman–Crippen MR) is 45.9 cm³/mol. The molecule has 5 atom stereocenters. The van der Waals surface area contributed by atoms with E-state index in [0.717, 1.165) is 0 Å². The van der Waals surface area contributed by atoms with E-state index in [4.69, 9.17) is 20.3 Å². The van der Waals surface area contributed by atoms with Gasteiger partial charge in [0.05, 0.1) is 24.9 Å². The van der Waals surface area contributed by atoms with E-state index in [9.17, 15) is 5.11 Å². The molecule has 0 amide bonds. The average Bonchev–Trinajstić information content (AvgIpc) is 2.15. The maximum absolute atomic E-state index is 9.65.